The van der Waals surface area contributed by atoms with Gasteiger partial charge in [-0.2, -0.15) is 0 Å². The number of nitrogens with zero attached hydrogens (tertiary/aromatic N) is 2. The van der Waals surface area contributed by atoms with E-state index in [2.05, 4.69) is 65.5 Å². The Labute approximate surface area is 186 Å². The van der Waals surface area contributed by atoms with Crippen LogP contribution >= 0.6 is 0 Å². The summed E-state index contributed by atoms with van der Waals surface area (Å²) in [4.78, 5) is 0. The van der Waals surface area contributed by atoms with E-state index < -0.39 is 0 Å². The van der Waals surface area contributed by atoms with Gasteiger partial charge < -0.3 is 4.40 Å². The maximum absolute atomic E-state index is 15.8. The number of para-hydroxylation sites is 1. The molecule has 1 aliphatic rings. The molecule has 3 aromatic carbocycles. The fraction of sp³-hybridized carbons (Fsp3) is 0.276. The Morgan fingerprint density at radius 3 is 2.50 bits per heavy atom. The van der Waals surface area contributed by atoms with Crippen molar-refractivity contribution in [2.45, 2.75) is 45.4 Å². The Morgan fingerprint density at radius 1 is 0.906 bits per heavy atom. The molecular weight excluding hydrogens is 395 g/mol. The average molecular weight is 422 g/mol. The highest BCUT2D eigenvalue weighted by atomic mass is 19.1. The van der Waals surface area contributed by atoms with Crippen LogP contribution in [0.1, 0.15) is 48.3 Å². The molecule has 0 radical (unpaired) electrons. The molecule has 0 amide bonds. The van der Waals surface area contributed by atoms with Gasteiger partial charge in [-0.1, -0.05) is 37.1 Å². The molecule has 0 saturated heterocycles. The monoisotopic (exact) mass is 421 g/mol. The summed E-state index contributed by atoms with van der Waals surface area (Å²) in [6.45, 7) is 4.00. The molecule has 0 atom stereocenters. The molecule has 6 aromatic rings. The third-order valence-electron chi connectivity index (χ3n) is 8.14. The number of halogens is 1. The number of fused-ring (bicyclic) bond motifs is 5. The minimum absolute atomic E-state index is 0.0820. The Bertz CT molecular complexity index is 1720. The number of benzene rings is 3. The van der Waals surface area contributed by atoms with Crippen LogP contribution in [0.4, 0.5) is 4.39 Å². The number of aryl methyl sites for hydroxylation is 2. The zero-order chi connectivity index (χ0) is 21.7. The van der Waals surface area contributed by atoms with Gasteiger partial charge in [0.05, 0.1) is 27.3 Å². The number of rotatable bonds is 1. The molecule has 0 N–H and O–H groups in total. The molecule has 158 valence electrons. The van der Waals surface area contributed by atoms with E-state index in [1.54, 1.807) is 0 Å². The molecule has 32 heavy (non-hydrogen) atoms. The zero-order valence-corrected chi connectivity index (χ0v) is 18.8. The largest absolute Gasteiger partial charge is 0.307 e. The van der Waals surface area contributed by atoms with Gasteiger partial charge in [-0.15, -0.1) is 0 Å². The number of hydrogen-bond acceptors (Lipinski definition) is 0. The average Bonchev–Trinajstić information content (AvgIpc) is 3.45. The van der Waals surface area contributed by atoms with Crippen LogP contribution in [0.15, 0.2) is 48.7 Å². The smallest absolute Gasteiger partial charge is 0.224 e. The molecule has 0 aliphatic heterocycles. The summed E-state index contributed by atoms with van der Waals surface area (Å²) in [5.74, 6) is 0.546. The molecule has 0 bridgehead atoms. The molecule has 1 fully saturated rings. The molecular formula is C29H26FN2+. The first-order valence-electron chi connectivity index (χ1n) is 11.7. The second kappa shape index (κ2) is 6.19. The van der Waals surface area contributed by atoms with Gasteiger partial charge >= 0.3 is 0 Å². The van der Waals surface area contributed by atoms with Gasteiger partial charge in [0.25, 0.3) is 0 Å². The molecule has 0 unspecified atom stereocenters. The van der Waals surface area contributed by atoms with Crippen LogP contribution in [-0.4, -0.2) is 4.40 Å². The van der Waals surface area contributed by atoms with Crippen LogP contribution in [0.2, 0.25) is 0 Å². The fourth-order valence-electron chi connectivity index (χ4n) is 6.43. The third-order valence-corrected chi connectivity index (χ3v) is 8.14. The molecule has 1 saturated carbocycles. The Morgan fingerprint density at radius 2 is 1.69 bits per heavy atom. The molecule has 1 aliphatic carbocycles. The van der Waals surface area contributed by atoms with Gasteiger partial charge in [-0.05, 0) is 66.8 Å². The predicted octanol–water partition coefficient (Wildman–Crippen LogP) is 7.23. The second-order valence-electron chi connectivity index (χ2n) is 9.78. The van der Waals surface area contributed by atoms with Crippen molar-refractivity contribution in [1.29, 1.82) is 0 Å². The van der Waals surface area contributed by atoms with Gasteiger partial charge in [0.2, 0.25) is 5.52 Å². The molecule has 3 heteroatoms. The normalized spacial score (nSPS) is 15.5. The highest BCUT2D eigenvalue weighted by Gasteiger charge is 2.28. The summed E-state index contributed by atoms with van der Waals surface area (Å²) < 4.78 is 20.4. The third kappa shape index (κ3) is 2.12. The summed E-state index contributed by atoms with van der Waals surface area (Å²) in [7, 11) is 2.12. The summed E-state index contributed by atoms with van der Waals surface area (Å²) in [6, 6.07) is 15.4. The van der Waals surface area contributed by atoms with E-state index in [1.807, 2.05) is 13.0 Å². The summed E-state index contributed by atoms with van der Waals surface area (Å²) >= 11 is 0. The second-order valence-corrected chi connectivity index (χ2v) is 9.78. The van der Waals surface area contributed by atoms with Crippen molar-refractivity contribution in [3.05, 3.63) is 71.2 Å². The minimum Gasteiger partial charge on any atom is -0.307 e. The summed E-state index contributed by atoms with van der Waals surface area (Å²) in [6.07, 6.45) is 7.34. The molecule has 3 aromatic heterocycles. The topological polar surface area (TPSA) is 8.29 Å². The van der Waals surface area contributed by atoms with Crippen molar-refractivity contribution in [3.63, 3.8) is 0 Å². The highest BCUT2D eigenvalue weighted by Crippen LogP contribution is 2.44. The zero-order valence-electron chi connectivity index (χ0n) is 18.8. The van der Waals surface area contributed by atoms with Crippen LogP contribution in [0.25, 0.3) is 49.0 Å². The van der Waals surface area contributed by atoms with Gasteiger partial charge in [-0.3, -0.25) is 0 Å². The van der Waals surface area contributed by atoms with E-state index in [0.717, 1.165) is 32.9 Å². The summed E-state index contributed by atoms with van der Waals surface area (Å²) in [5.41, 5.74) is 7.74. The fourth-order valence-corrected chi connectivity index (χ4v) is 6.43. The van der Waals surface area contributed by atoms with E-state index in [4.69, 9.17) is 0 Å². The van der Waals surface area contributed by atoms with E-state index >= 15 is 4.39 Å². The highest BCUT2D eigenvalue weighted by molar-refractivity contribution is 6.26. The van der Waals surface area contributed by atoms with Crippen molar-refractivity contribution in [1.82, 2.24) is 4.40 Å². The summed E-state index contributed by atoms with van der Waals surface area (Å²) in [5, 5.41) is 5.49. The van der Waals surface area contributed by atoms with Crippen LogP contribution in [0.5, 0.6) is 0 Å². The van der Waals surface area contributed by atoms with Crippen LogP contribution < -0.4 is 4.57 Å². The SMILES string of the molecule is Cc1c(F)c2c3ccccc3n3c4cc(C5CCCC5)cc5cc[n+](C)c(c(c1C)c23)c54. The van der Waals surface area contributed by atoms with Crippen LogP contribution in [0, 0.1) is 19.7 Å². The van der Waals surface area contributed by atoms with Crippen molar-refractivity contribution >= 4 is 49.0 Å². The first-order chi connectivity index (χ1) is 15.6. The first kappa shape index (κ1) is 18.4. The quantitative estimate of drug-likeness (QED) is 0.150. The number of hydrogen-bond donors (Lipinski definition) is 0. The predicted molar refractivity (Wildman–Crippen MR) is 130 cm³/mol. The van der Waals surface area contributed by atoms with Gasteiger partial charge in [0.1, 0.15) is 12.9 Å². The standard InChI is InChI=1S/C29H26FN2/c1-16-17(2)27(30)26-21-10-6-7-11-22(21)32-23-15-20(18-8-4-5-9-18)14-19-12-13-31(3)28(25(19)23)24(16)29(26)32/h6-7,10-15,18H,4-5,8-9H2,1-3H3/q+1. The van der Waals surface area contributed by atoms with E-state index in [0.29, 0.717) is 5.92 Å². The number of aromatic nitrogens is 2. The minimum atomic E-state index is -0.0820. The van der Waals surface area contributed by atoms with Crippen molar-refractivity contribution in [3.8, 4) is 0 Å². The van der Waals surface area contributed by atoms with Gasteiger partial charge in [-0.25, -0.2) is 8.96 Å². The molecule has 2 nitrogen and oxygen atoms in total. The molecule has 0 spiro atoms. The first-order valence-corrected chi connectivity index (χ1v) is 11.7. The van der Waals surface area contributed by atoms with Crippen molar-refractivity contribution < 1.29 is 8.96 Å². The van der Waals surface area contributed by atoms with Gasteiger partial charge in [0, 0.05) is 16.8 Å². The molecule has 7 rings (SSSR count). The van der Waals surface area contributed by atoms with Crippen molar-refractivity contribution in [2.24, 2.45) is 7.05 Å². The maximum Gasteiger partial charge on any atom is 0.224 e. The Kier molecular flexibility index (Phi) is 3.55. The van der Waals surface area contributed by atoms with E-state index in [-0.39, 0.29) is 5.82 Å². The Hall–Kier alpha value is -3.20. The van der Waals surface area contributed by atoms with Crippen LogP contribution in [0.3, 0.4) is 0 Å². The van der Waals surface area contributed by atoms with Gasteiger partial charge in [0.15, 0.2) is 6.20 Å². The maximum atomic E-state index is 15.8. The van der Waals surface area contributed by atoms with E-state index in [1.165, 1.54) is 58.4 Å². The van der Waals surface area contributed by atoms with Crippen LogP contribution in [-0.2, 0) is 7.05 Å². The lowest BCUT2D eigenvalue weighted by atomic mass is 9.92. The lowest BCUT2D eigenvalue weighted by molar-refractivity contribution is -0.643. The Balaban J connectivity index is 1.86. The molecule has 3 heterocycles. The van der Waals surface area contributed by atoms with Crippen molar-refractivity contribution in [2.75, 3.05) is 0 Å². The lowest BCUT2D eigenvalue weighted by Gasteiger charge is -2.17. The van der Waals surface area contributed by atoms with E-state index in [9.17, 15) is 0 Å². The number of pyridine rings is 2. The lowest BCUT2D eigenvalue weighted by Crippen LogP contribution is -2.29.